The highest BCUT2D eigenvalue weighted by molar-refractivity contribution is 6.11. The minimum absolute atomic E-state index is 0.233. The molecule has 6 nitrogen and oxygen atoms in total. The average Bonchev–Trinajstić information content (AvgIpc) is 2.71. The van der Waals surface area contributed by atoms with Crippen LogP contribution in [0.4, 0.5) is 11.4 Å². The number of nitrogens with zero attached hydrogens (tertiary/aromatic N) is 2. The Morgan fingerprint density at radius 2 is 2.17 bits per heavy atom. The molecule has 2 unspecified atom stereocenters. The number of carbonyl (C=O) groups is 1. The van der Waals surface area contributed by atoms with E-state index < -0.39 is 5.97 Å². The summed E-state index contributed by atoms with van der Waals surface area (Å²) in [5.41, 5.74) is 4.32. The Balaban J connectivity index is 1.58. The third-order valence-electron chi connectivity index (χ3n) is 6.12. The molecule has 2 atom stereocenters. The topological polar surface area (TPSA) is 66.6 Å². The molecule has 1 aromatic rings. The standard InChI is InChI=1S/C23H29N3O3/c1-3-25(4-2)17-9-10-18-21(14-17)29-22-15-20-16(13-19(22)24-18)7-5-11-26(20)12-6-8-23(27)28/h9-10,13-15,20H,3-8,11-12H2,1-2H3,(H,27,28)/p+1. The van der Waals surface area contributed by atoms with Gasteiger partial charge in [0, 0.05) is 43.8 Å². The lowest BCUT2D eigenvalue weighted by atomic mass is 9.89. The van der Waals surface area contributed by atoms with Gasteiger partial charge in [0.25, 0.3) is 0 Å². The molecule has 1 fully saturated rings. The maximum Gasteiger partial charge on any atom is 0.303 e. The Morgan fingerprint density at radius 3 is 2.93 bits per heavy atom. The van der Waals surface area contributed by atoms with Gasteiger partial charge in [-0.15, -0.1) is 0 Å². The van der Waals surface area contributed by atoms with Crippen molar-refractivity contribution in [2.24, 2.45) is 4.99 Å². The summed E-state index contributed by atoms with van der Waals surface area (Å²) < 4.78 is 6.31. The number of hydrogen-bond acceptors (Lipinski definition) is 4. The summed E-state index contributed by atoms with van der Waals surface area (Å²) in [6, 6.07) is 6.50. The van der Waals surface area contributed by atoms with Crippen molar-refractivity contribution in [2.45, 2.75) is 45.6 Å². The number of likely N-dealkylation sites (tertiary alicyclic amines) is 1. The zero-order valence-corrected chi connectivity index (χ0v) is 17.3. The molecule has 0 spiro atoms. The fourth-order valence-corrected chi connectivity index (χ4v) is 4.59. The average molecular weight is 397 g/mol. The van der Waals surface area contributed by atoms with Crippen LogP contribution in [0.15, 0.2) is 46.7 Å². The van der Waals surface area contributed by atoms with Crippen LogP contribution in [-0.4, -0.2) is 49.0 Å². The molecule has 0 saturated carbocycles. The number of fused-ring (bicyclic) bond motifs is 3. The van der Waals surface area contributed by atoms with Crippen LogP contribution in [0.5, 0.6) is 5.75 Å². The number of anilines is 1. The van der Waals surface area contributed by atoms with Gasteiger partial charge < -0.3 is 19.6 Å². The molecule has 2 heterocycles. The summed E-state index contributed by atoms with van der Waals surface area (Å²) >= 11 is 0. The van der Waals surface area contributed by atoms with Crippen molar-refractivity contribution in [1.29, 1.82) is 0 Å². The quantitative estimate of drug-likeness (QED) is 0.744. The second-order valence-electron chi connectivity index (χ2n) is 7.91. The van der Waals surface area contributed by atoms with Crippen LogP contribution >= 0.6 is 0 Å². The molecule has 6 heteroatoms. The van der Waals surface area contributed by atoms with Crippen LogP contribution in [0.2, 0.25) is 0 Å². The predicted octanol–water partition coefficient (Wildman–Crippen LogP) is 2.73. The van der Waals surface area contributed by atoms with Crippen molar-refractivity contribution in [3.8, 4) is 5.75 Å². The number of ether oxygens (including phenoxy) is 1. The lowest BCUT2D eigenvalue weighted by Gasteiger charge is -2.36. The van der Waals surface area contributed by atoms with Crippen LogP contribution in [0.1, 0.15) is 39.5 Å². The first-order chi connectivity index (χ1) is 14.1. The number of hydrogen-bond donors (Lipinski definition) is 2. The Hall–Kier alpha value is -2.60. The van der Waals surface area contributed by atoms with Crippen molar-refractivity contribution in [2.75, 3.05) is 31.1 Å². The number of quaternary nitrogens is 1. The molecular formula is C23H30N3O3+. The highest BCUT2D eigenvalue weighted by Crippen LogP contribution is 2.38. The second kappa shape index (κ2) is 8.41. The molecular weight excluding hydrogens is 366 g/mol. The summed E-state index contributed by atoms with van der Waals surface area (Å²) in [7, 11) is 0. The molecule has 1 saturated heterocycles. The lowest BCUT2D eigenvalue weighted by molar-refractivity contribution is -0.917. The molecule has 0 radical (unpaired) electrons. The Morgan fingerprint density at radius 1 is 1.34 bits per heavy atom. The van der Waals surface area contributed by atoms with Crippen molar-refractivity contribution >= 4 is 23.1 Å². The zero-order valence-electron chi connectivity index (χ0n) is 17.3. The normalized spacial score (nSPS) is 22.2. The first-order valence-electron chi connectivity index (χ1n) is 10.7. The number of carboxylic acids is 1. The Labute approximate surface area is 172 Å². The van der Waals surface area contributed by atoms with Crippen LogP contribution in [0.25, 0.3) is 0 Å². The van der Waals surface area contributed by atoms with Gasteiger partial charge in [0.15, 0.2) is 11.5 Å². The molecule has 0 bridgehead atoms. The van der Waals surface area contributed by atoms with Crippen LogP contribution in [0, 0.1) is 0 Å². The van der Waals surface area contributed by atoms with E-state index in [-0.39, 0.29) is 12.5 Å². The first-order valence-corrected chi connectivity index (χ1v) is 10.7. The van der Waals surface area contributed by atoms with E-state index in [0.29, 0.717) is 6.42 Å². The Kier molecular flexibility index (Phi) is 5.72. The van der Waals surface area contributed by atoms with E-state index >= 15 is 0 Å². The second-order valence-corrected chi connectivity index (χ2v) is 7.91. The summed E-state index contributed by atoms with van der Waals surface area (Å²) in [6.45, 7) is 8.15. The van der Waals surface area contributed by atoms with E-state index in [1.54, 1.807) is 0 Å². The van der Waals surface area contributed by atoms with Gasteiger partial charge in [-0.25, -0.2) is 4.99 Å². The molecule has 1 aromatic carbocycles. The van der Waals surface area contributed by atoms with E-state index in [4.69, 9.17) is 14.8 Å². The number of carboxylic acid groups (broad SMARTS) is 1. The molecule has 154 valence electrons. The monoisotopic (exact) mass is 396 g/mol. The van der Waals surface area contributed by atoms with Gasteiger partial charge in [-0.3, -0.25) is 4.79 Å². The van der Waals surface area contributed by atoms with E-state index in [2.05, 4.69) is 43.0 Å². The van der Waals surface area contributed by atoms with E-state index in [1.165, 1.54) is 10.5 Å². The minimum Gasteiger partial charge on any atom is -0.481 e. The number of allylic oxidation sites excluding steroid dienone is 1. The largest absolute Gasteiger partial charge is 0.481 e. The summed E-state index contributed by atoms with van der Waals surface area (Å²) in [5, 5.41) is 8.95. The van der Waals surface area contributed by atoms with Crippen molar-refractivity contribution in [3.63, 3.8) is 0 Å². The van der Waals surface area contributed by atoms with Gasteiger partial charge in [-0.1, -0.05) is 0 Å². The molecule has 29 heavy (non-hydrogen) atoms. The molecule has 1 aliphatic carbocycles. The predicted molar refractivity (Wildman–Crippen MR) is 114 cm³/mol. The molecule has 0 aromatic heterocycles. The molecule has 4 rings (SSSR count). The third-order valence-corrected chi connectivity index (χ3v) is 6.12. The fourth-order valence-electron chi connectivity index (χ4n) is 4.59. The number of aliphatic imine (C=N–C) groups is 1. The van der Waals surface area contributed by atoms with Crippen LogP contribution in [-0.2, 0) is 4.79 Å². The van der Waals surface area contributed by atoms with Crippen molar-refractivity contribution in [3.05, 3.63) is 41.7 Å². The highest BCUT2D eigenvalue weighted by Gasteiger charge is 2.34. The van der Waals surface area contributed by atoms with Gasteiger partial charge in [0.2, 0.25) is 0 Å². The fraction of sp³-hybridized carbons (Fsp3) is 0.478. The van der Waals surface area contributed by atoms with Crippen LogP contribution in [0.3, 0.4) is 0 Å². The summed E-state index contributed by atoms with van der Waals surface area (Å²) in [5.74, 6) is 0.926. The number of nitrogens with one attached hydrogen (secondary N) is 1. The van der Waals surface area contributed by atoms with Crippen molar-refractivity contribution < 1.29 is 19.5 Å². The van der Waals surface area contributed by atoms with E-state index in [1.807, 2.05) is 6.07 Å². The smallest absolute Gasteiger partial charge is 0.303 e. The van der Waals surface area contributed by atoms with Gasteiger partial charge >= 0.3 is 5.97 Å². The minimum atomic E-state index is -0.718. The van der Waals surface area contributed by atoms with Gasteiger partial charge in [-0.2, -0.15) is 0 Å². The Bertz CT molecular complexity index is 883. The van der Waals surface area contributed by atoms with Gasteiger partial charge in [-0.05, 0) is 44.1 Å². The van der Waals surface area contributed by atoms with E-state index in [9.17, 15) is 4.79 Å². The molecule has 0 amide bonds. The van der Waals surface area contributed by atoms with Gasteiger partial charge in [0.1, 0.15) is 17.4 Å². The SMILES string of the molecule is CCN(CC)c1ccc2c(c1)OC1=CC3C(=CC1=N2)CCC[NH+]3CCCC(=O)O. The lowest BCUT2D eigenvalue weighted by Crippen LogP contribution is -3.16. The molecule has 3 aliphatic rings. The van der Waals surface area contributed by atoms with Gasteiger partial charge in [0.05, 0.1) is 19.5 Å². The third kappa shape index (κ3) is 4.08. The van der Waals surface area contributed by atoms with Crippen LogP contribution < -0.4 is 14.5 Å². The number of piperidine rings is 1. The number of rotatable bonds is 7. The number of aliphatic carboxylic acids is 1. The summed E-state index contributed by atoms with van der Waals surface area (Å²) in [6.07, 6.45) is 7.54. The first kappa shape index (κ1) is 19.7. The maximum absolute atomic E-state index is 10.9. The van der Waals surface area contributed by atoms with Crippen molar-refractivity contribution in [1.82, 2.24) is 0 Å². The summed E-state index contributed by atoms with van der Waals surface area (Å²) in [4.78, 5) is 19.5. The molecule has 2 N–H and O–H groups in total. The number of benzene rings is 1. The zero-order chi connectivity index (χ0) is 20.4. The maximum atomic E-state index is 10.9. The molecule has 2 aliphatic heterocycles. The van der Waals surface area contributed by atoms with E-state index in [0.717, 1.165) is 67.6 Å². The highest BCUT2D eigenvalue weighted by atomic mass is 16.5.